The number of hydrogen-bond donors (Lipinski definition) is 1. The Bertz CT molecular complexity index is 311. The molecule has 116 valence electrons. The van der Waals surface area contributed by atoms with Gasteiger partial charge in [0.1, 0.15) is 0 Å². The lowest BCUT2D eigenvalue weighted by molar-refractivity contribution is -0.191. The van der Waals surface area contributed by atoms with E-state index in [4.69, 9.17) is 4.74 Å². The molecule has 1 N–H and O–H groups in total. The maximum atomic E-state index is 6.72. The van der Waals surface area contributed by atoms with Crippen LogP contribution in [0.3, 0.4) is 0 Å². The molecule has 0 aromatic rings. The van der Waals surface area contributed by atoms with Gasteiger partial charge in [-0.2, -0.15) is 0 Å². The number of nitrogens with one attached hydrogen (secondary N) is 1. The van der Waals surface area contributed by atoms with Gasteiger partial charge >= 0.3 is 0 Å². The lowest BCUT2D eigenvalue weighted by atomic mass is 9.55. The Morgan fingerprint density at radius 3 is 2.50 bits per heavy atom. The Labute approximate surface area is 125 Å². The molecule has 2 nitrogen and oxygen atoms in total. The topological polar surface area (TPSA) is 21.3 Å². The average molecular weight is 279 g/mol. The molecule has 3 rings (SSSR count). The van der Waals surface area contributed by atoms with Crippen LogP contribution in [0.1, 0.15) is 77.6 Å². The highest BCUT2D eigenvalue weighted by atomic mass is 16.5. The fourth-order valence-electron chi connectivity index (χ4n) is 5.26. The van der Waals surface area contributed by atoms with Crippen molar-refractivity contribution < 1.29 is 4.74 Å². The summed E-state index contributed by atoms with van der Waals surface area (Å²) in [5.41, 5.74) is 0.489. The summed E-state index contributed by atoms with van der Waals surface area (Å²) in [5, 5.41) is 3.57. The summed E-state index contributed by atoms with van der Waals surface area (Å²) >= 11 is 0. The van der Waals surface area contributed by atoms with Crippen molar-refractivity contribution in [2.75, 3.05) is 7.05 Å². The minimum Gasteiger partial charge on any atom is -0.374 e. The molecule has 0 saturated heterocycles. The van der Waals surface area contributed by atoms with Gasteiger partial charge in [-0.1, -0.05) is 45.4 Å². The van der Waals surface area contributed by atoms with Gasteiger partial charge in [0, 0.05) is 11.5 Å². The number of ether oxygens (including phenoxy) is 1. The van der Waals surface area contributed by atoms with Gasteiger partial charge < -0.3 is 10.1 Å². The fraction of sp³-hybridized carbons (Fsp3) is 1.00. The van der Waals surface area contributed by atoms with E-state index in [1.807, 2.05) is 0 Å². The van der Waals surface area contributed by atoms with Crippen molar-refractivity contribution >= 4 is 0 Å². The van der Waals surface area contributed by atoms with Crippen molar-refractivity contribution in [2.45, 2.75) is 95.8 Å². The highest BCUT2D eigenvalue weighted by molar-refractivity contribution is 5.09. The molecule has 4 unspecified atom stereocenters. The maximum absolute atomic E-state index is 6.72. The van der Waals surface area contributed by atoms with E-state index < -0.39 is 0 Å². The molecule has 3 saturated carbocycles. The second-order valence-electron chi connectivity index (χ2n) is 7.49. The van der Waals surface area contributed by atoms with Crippen LogP contribution < -0.4 is 5.32 Å². The number of hydrogen-bond acceptors (Lipinski definition) is 2. The third-order valence-electron chi connectivity index (χ3n) is 6.62. The van der Waals surface area contributed by atoms with Gasteiger partial charge in [0.05, 0.1) is 12.2 Å². The first-order chi connectivity index (χ1) is 9.80. The highest BCUT2D eigenvalue weighted by Crippen LogP contribution is 2.54. The van der Waals surface area contributed by atoms with Crippen LogP contribution in [-0.4, -0.2) is 25.3 Å². The van der Waals surface area contributed by atoms with Crippen LogP contribution in [0.2, 0.25) is 0 Å². The van der Waals surface area contributed by atoms with Crippen molar-refractivity contribution in [1.82, 2.24) is 5.32 Å². The van der Waals surface area contributed by atoms with Crippen molar-refractivity contribution in [3.05, 3.63) is 0 Å². The lowest BCUT2D eigenvalue weighted by Gasteiger charge is -2.59. The van der Waals surface area contributed by atoms with Crippen LogP contribution in [0.4, 0.5) is 0 Å². The first kappa shape index (κ1) is 14.8. The van der Waals surface area contributed by atoms with E-state index in [2.05, 4.69) is 19.3 Å². The fourth-order valence-corrected chi connectivity index (χ4v) is 5.26. The minimum atomic E-state index is 0.489. The van der Waals surface area contributed by atoms with Crippen molar-refractivity contribution in [3.63, 3.8) is 0 Å². The minimum absolute atomic E-state index is 0.489. The average Bonchev–Trinajstić information content (AvgIpc) is 2.52. The Balaban J connectivity index is 1.64. The maximum Gasteiger partial charge on any atom is 0.0665 e. The molecule has 4 atom stereocenters. The van der Waals surface area contributed by atoms with E-state index in [-0.39, 0.29) is 0 Å². The van der Waals surface area contributed by atoms with Gasteiger partial charge in [-0.25, -0.2) is 0 Å². The molecule has 0 radical (unpaired) electrons. The monoisotopic (exact) mass is 279 g/mol. The Kier molecular flexibility index (Phi) is 4.72. The molecule has 0 aliphatic heterocycles. The SMILES string of the molecule is CCC1CCCCC1OC1CC(NC)C12CCCCC2. The summed E-state index contributed by atoms with van der Waals surface area (Å²) in [4.78, 5) is 0. The Morgan fingerprint density at radius 1 is 1.05 bits per heavy atom. The summed E-state index contributed by atoms with van der Waals surface area (Å²) in [5.74, 6) is 0.832. The van der Waals surface area contributed by atoms with Gasteiger partial charge in [-0.05, 0) is 45.1 Å². The molecular formula is C18H33NO. The lowest BCUT2D eigenvalue weighted by Crippen LogP contribution is -2.64. The zero-order valence-electron chi connectivity index (χ0n) is 13.5. The summed E-state index contributed by atoms with van der Waals surface area (Å²) in [6.07, 6.45) is 16.3. The van der Waals surface area contributed by atoms with Crippen molar-refractivity contribution in [2.24, 2.45) is 11.3 Å². The second-order valence-corrected chi connectivity index (χ2v) is 7.49. The first-order valence-corrected chi connectivity index (χ1v) is 9.13. The number of rotatable bonds is 4. The van der Waals surface area contributed by atoms with E-state index in [0.29, 0.717) is 17.6 Å². The predicted octanol–water partition coefficient (Wildman–Crippen LogP) is 4.28. The molecule has 0 aromatic carbocycles. The normalized spacial score (nSPS) is 40.5. The molecule has 20 heavy (non-hydrogen) atoms. The van der Waals surface area contributed by atoms with E-state index in [1.54, 1.807) is 0 Å². The molecule has 3 aliphatic rings. The summed E-state index contributed by atoms with van der Waals surface area (Å²) in [7, 11) is 2.15. The summed E-state index contributed by atoms with van der Waals surface area (Å²) in [6, 6.07) is 0.719. The zero-order chi connectivity index (χ0) is 14.0. The smallest absolute Gasteiger partial charge is 0.0665 e. The second kappa shape index (κ2) is 6.36. The highest BCUT2D eigenvalue weighted by Gasteiger charge is 2.55. The predicted molar refractivity (Wildman–Crippen MR) is 83.9 cm³/mol. The third kappa shape index (κ3) is 2.54. The largest absolute Gasteiger partial charge is 0.374 e. The van der Waals surface area contributed by atoms with E-state index in [0.717, 1.165) is 12.0 Å². The van der Waals surface area contributed by atoms with Gasteiger partial charge in [-0.15, -0.1) is 0 Å². The molecule has 0 amide bonds. The van der Waals surface area contributed by atoms with Crippen molar-refractivity contribution in [3.8, 4) is 0 Å². The molecule has 0 bridgehead atoms. The van der Waals surface area contributed by atoms with Crippen LogP contribution in [0.15, 0.2) is 0 Å². The standard InChI is InChI=1S/C18H33NO/c1-3-14-9-5-6-10-15(14)20-17-13-16(19-2)18(17)11-7-4-8-12-18/h14-17,19H,3-13H2,1-2H3. The van der Waals surface area contributed by atoms with Crippen molar-refractivity contribution in [1.29, 1.82) is 0 Å². The van der Waals surface area contributed by atoms with Crippen LogP contribution in [0.25, 0.3) is 0 Å². The van der Waals surface area contributed by atoms with Crippen LogP contribution in [0.5, 0.6) is 0 Å². The molecule has 3 fully saturated rings. The van der Waals surface area contributed by atoms with Gasteiger partial charge in [0.2, 0.25) is 0 Å². The molecule has 3 aliphatic carbocycles. The van der Waals surface area contributed by atoms with E-state index >= 15 is 0 Å². The molecule has 2 heteroatoms. The Hall–Kier alpha value is -0.0800. The van der Waals surface area contributed by atoms with Gasteiger partial charge in [0.15, 0.2) is 0 Å². The van der Waals surface area contributed by atoms with Crippen LogP contribution >= 0.6 is 0 Å². The third-order valence-corrected chi connectivity index (χ3v) is 6.62. The first-order valence-electron chi connectivity index (χ1n) is 9.13. The molecule has 1 spiro atoms. The van der Waals surface area contributed by atoms with Gasteiger partial charge in [0.25, 0.3) is 0 Å². The Morgan fingerprint density at radius 2 is 1.80 bits per heavy atom. The molecular weight excluding hydrogens is 246 g/mol. The van der Waals surface area contributed by atoms with Crippen LogP contribution in [0, 0.1) is 11.3 Å². The van der Waals surface area contributed by atoms with E-state index in [9.17, 15) is 0 Å². The summed E-state index contributed by atoms with van der Waals surface area (Å²) < 4.78 is 6.72. The zero-order valence-corrected chi connectivity index (χ0v) is 13.5. The molecule has 0 heterocycles. The summed E-state index contributed by atoms with van der Waals surface area (Å²) in [6.45, 7) is 2.35. The van der Waals surface area contributed by atoms with Gasteiger partial charge in [-0.3, -0.25) is 0 Å². The molecule has 0 aromatic heterocycles. The quantitative estimate of drug-likeness (QED) is 0.829. The van der Waals surface area contributed by atoms with Crippen LogP contribution in [-0.2, 0) is 4.74 Å². The van der Waals surface area contributed by atoms with E-state index in [1.165, 1.54) is 70.6 Å².